The van der Waals surface area contributed by atoms with Crippen molar-refractivity contribution >= 4 is 23.1 Å². The molecule has 0 amide bonds. The molecule has 5 atom stereocenters. The number of hydrogen-bond donors (Lipinski definition) is 4. The van der Waals surface area contributed by atoms with Gasteiger partial charge in [0, 0.05) is 23.6 Å². The molecule has 1 aliphatic rings. The third-order valence-electron chi connectivity index (χ3n) is 6.01. The van der Waals surface area contributed by atoms with Gasteiger partial charge in [-0.25, -0.2) is 0 Å². The Labute approximate surface area is 197 Å². The molecule has 0 spiro atoms. The van der Waals surface area contributed by atoms with Crippen LogP contribution in [0.2, 0.25) is 0 Å². The summed E-state index contributed by atoms with van der Waals surface area (Å²) in [5.41, 5.74) is 3.09. The summed E-state index contributed by atoms with van der Waals surface area (Å²) in [6.07, 6.45) is -2.80. The number of aromatic nitrogens is 1. The van der Waals surface area contributed by atoms with Gasteiger partial charge >= 0.3 is 0 Å². The van der Waals surface area contributed by atoms with Crippen LogP contribution in [0.3, 0.4) is 0 Å². The van der Waals surface area contributed by atoms with Crippen LogP contribution in [-0.4, -0.2) is 64.8 Å². The molecule has 2 aromatic carbocycles. The maximum atomic E-state index is 10.2. The lowest BCUT2D eigenvalue weighted by atomic mass is 9.99. The summed E-state index contributed by atoms with van der Waals surface area (Å²) in [7, 11) is 1.50. The van der Waals surface area contributed by atoms with Crippen molar-refractivity contribution in [1.82, 2.24) is 0 Å². The first-order valence-corrected chi connectivity index (χ1v) is 11.2. The first kappa shape index (κ1) is 24.1. The van der Waals surface area contributed by atoms with E-state index in [1.807, 2.05) is 30.4 Å². The van der Waals surface area contributed by atoms with Gasteiger partial charge in [0.1, 0.15) is 31.0 Å². The lowest BCUT2D eigenvalue weighted by Crippen LogP contribution is -2.60. The fourth-order valence-electron chi connectivity index (χ4n) is 4.13. The number of hydrogen-bond acceptors (Lipinski definition) is 7. The van der Waals surface area contributed by atoms with Crippen molar-refractivity contribution in [3.8, 4) is 11.5 Å². The summed E-state index contributed by atoms with van der Waals surface area (Å²) in [6.45, 7) is 2.41. The maximum Gasteiger partial charge on any atom is 0.229 e. The Balaban J connectivity index is 1.56. The molecule has 8 nitrogen and oxygen atoms in total. The van der Waals surface area contributed by atoms with Gasteiger partial charge < -0.3 is 34.6 Å². The van der Waals surface area contributed by atoms with Crippen molar-refractivity contribution in [1.29, 1.82) is 0 Å². The lowest BCUT2D eigenvalue weighted by Gasteiger charge is -2.39. The molecule has 4 rings (SSSR count). The van der Waals surface area contributed by atoms with E-state index < -0.39 is 37.3 Å². The minimum Gasteiger partial charge on any atom is -0.493 e. The molecule has 8 heteroatoms. The number of nitrogens with zero attached hydrogens (tertiary/aromatic N) is 1. The fourth-order valence-corrected chi connectivity index (χ4v) is 4.13. The van der Waals surface area contributed by atoms with Gasteiger partial charge in [-0.2, -0.15) is 4.57 Å². The zero-order valence-electron chi connectivity index (χ0n) is 19.1. The van der Waals surface area contributed by atoms with Crippen molar-refractivity contribution < 1.29 is 39.2 Å². The van der Waals surface area contributed by atoms with E-state index in [-0.39, 0.29) is 0 Å². The largest absolute Gasteiger partial charge is 0.493 e. The number of benzene rings is 2. The zero-order valence-corrected chi connectivity index (χ0v) is 19.1. The number of pyridine rings is 1. The number of para-hydroxylation sites is 1. The highest BCUT2D eigenvalue weighted by atomic mass is 16.7. The summed E-state index contributed by atoms with van der Waals surface area (Å²) in [5.74, 6) is 0.694. The first-order chi connectivity index (χ1) is 16.5. The van der Waals surface area contributed by atoms with Crippen LogP contribution in [-0.2, 0) is 11.3 Å². The minimum atomic E-state index is -1.52. The molecule has 0 bridgehead atoms. The molecule has 0 radical (unpaired) electrons. The molecular formula is C26H30NO7+. The number of methoxy groups -OCH3 is 1. The van der Waals surface area contributed by atoms with E-state index >= 15 is 0 Å². The molecule has 180 valence electrons. The lowest BCUT2D eigenvalue weighted by molar-refractivity contribution is -0.669. The molecule has 4 N–H and O–H groups in total. The number of rotatable bonds is 7. The molecule has 0 saturated carbocycles. The molecule has 1 saturated heterocycles. The van der Waals surface area contributed by atoms with Gasteiger partial charge in [-0.1, -0.05) is 18.2 Å². The van der Waals surface area contributed by atoms with E-state index in [4.69, 9.17) is 14.2 Å². The molecule has 0 unspecified atom stereocenters. The minimum absolute atomic E-state index is 0.290. The van der Waals surface area contributed by atoms with Crippen LogP contribution < -0.4 is 14.0 Å². The average Bonchev–Trinajstić information content (AvgIpc) is 2.87. The summed E-state index contributed by atoms with van der Waals surface area (Å²) in [5, 5.41) is 40.7. The Hall–Kier alpha value is -3.01. The normalized spacial score (nSPS) is 25.1. The summed E-state index contributed by atoms with van der Waals surface area (Å²) < 4.78 is 18.9. The van der Waals surface area contributed by atoms with E-state index in [1.54, 1.807) is 12.1 Å². The monoisotopic (exact) mass is 468 g/mol. The molecular weight excluding hydrogens is 438 g/mol. The van der Waals surface area contributed by atoms with E-state index in [2.05, 4.69) is 35.8 Å². The fraction of sp³-hybridized carbons (Fsp3) is 0.346. The molecule has 1 aliphatic heterocycles. The zero-order chi connectivity index (χ0) is 24.2. The quantitative estimate of drug-likeness (QED) is 0.389. The van der Waals surface area contributed by atoms with Gasteiger partial charge in [0.05, 0.1) is 13.7 Å². The van der Waals surface area contributed by atoms with Crippen molar-refractivity contribution in [3.63, 3.8) is 0 Å². The summed E-state index contributed by atoms with van der Waals surface area (Å²) in [4.78, 5) is 0. The number of aryl methyl sites for hydroxylation is 1. The Bertz CT molecular complexity index is 1160. The highest BCUT2D eigenvalue weighted by molar-refractivity contribution is 5.77. The second kappa shape index (κ2) is 10.5. The van der Waals surface area contributed by atoms with Gasteiger partial charge in [0.2, 0.25) is 17.5 Å². The van der Waals surface area contributed by atoms with Crippen LogP contribution >= 0.6 is 0 Å². The van der Waals surface area contributed by atoms with Gasteiger partial charge in [0.15, 0.2) is 11.5 Å². The number of aliphatic hydroxyl groups is 4. The molecule has 34 heavy (non-hydrogen) atoms. The number of aliphatic hydroxyl groups excluding tert-OH is 4. The standard InChI is InChI=1S/C26H30NO7/c1-3-27-18(12-10-17-6-4-5-7-19(17)27)11-8-16-9-13-20(21(14-16)32-2)33-26-25(31)24(30)23(29)22(15-28)34-26/h4-14,22-26,28-31H,3,15H2,1-2H3/q+1/b11-8+/t22-,23+,24+,25-,26-/m1/s1. The molecule has 2 heterocycles. The van der Waals surface area contributed by atoms with Gasteiger partial charge in [-0.3, -0.25) is 0 Å². The third-order valence-corrected chi connectivity index (χ3v) is 6.01. The van der Waals surface area contributed by atoms with Crippen molar-refractivity contribution in [3.05, 3.63) is 65.9 Å². The second-order valence-electron chi connectivity index (χ2n) is 8.12. The smallest absolute Gasteiger partial charge is 0.229 e. The predicted molar refractivity (Wildman–Crippen MR) is 126 cm³/mol. The van der Waals surface area contributed by atoms with Crippen LogP contribution in [0.15, 0.2) is 54.6 Å². The van der Waals surface area contributed by atoms with Gasteiger partial charge in [-0.15, -0.1) is 0 Å². The van der Waals surface area contributed by atoms with Crippen molar-refractivity contribution in [2.75, 3.05) is 13.7 Å². The first-order valence-electron chi connectivity index (χ1n) is 11.2. The molecule has 0 aliphatic carbocycles. The highest BCUT2D eigenvalue weighted by Crippen LogP contribution is 2.32. The number of ether oxygens (including phenoxy) is 3. The van der Waals surface area contributed by atoms with Crippen molar-refractivity contribution in [2.45, 2.75) is 44.2 Å². The summed E-state index contributed by atoms with van der Waals surface area (Å²) >= 11 is 0. The Morgan fingerprint density at radius 3 is 2.47 bits per heavy atom. The molecule has 1 aromatic heterocycles. The van der Waals surface area contributed by atoms with E-state index in [0.29, 0.717) is 11.5 Å². The molecule has 3 aromatic rings. The topological polar surface area (TPSA) is 112 Å². The van der Waals surface area contributed by atoms with E-state index in [0.717, 1.165) is 23.3 Å². The van der Waals surface area contributed by atoms with E-state index in [1.165, 1.54) is 12.5 Å². The van der Waals surface area contributed by atoms with Gasteiger partial charge in [0.25, 0.3) is 0 Å². The highest BCUT2D eigenvalue weighted by Gasteiger charge is 2.44. The second-order valence-corrected chi connectivity index (χ2v) is 8.12. The van der Waals surface area contributed by atoms with Crippen LogP contribution in [0.25, 0.3) is 23.1 Å². The van der Waals surface area contributed by atoms with Crippen LogP contribution in [0.1, 0.15) is 18.2 Å². The SMILES string of the molecule is CC[n+]1c(/C=C/c2ccc(O[C@@H]3O[C@H](CO)[C@H](O)[C@H](O)[C@H]3O)c(OC)c2)ccc2ccccc21. The Morgan fingerprint density at radius 1 is 0.941 bits per heavy atom. The predicted octanol–water partition coefficient (Wildman–Crippen LogP) is 1.50. The Morgan fingerprint density at radius 2 is 1.74 bits per heavy atom. The van der Waals surface area contributed by atoms with Crippen LogP contribution in [0.4, 0.5) is 0 Å². The molecule has 1 fully saturated rings. The Kier molecular flexibility index (Phi) is 7.45. The maximum absolute atomic E-state index is 10.2. The van der Waals surface area contributed by atoms with Crippen LogP contribution in [0, 0.1) is 0 Å². The average molecular weight is 469 g/mol. The summed E-state index contributed by atoms with van der Waals surface area (Å²) in [6, 6.07) is 17.7. The number of fused-ring (bicyclic) bond motifs is 1. The van der Waals surface area contributed by atoms with Crippen LogP contribution in [0.5, 0.6) is 11.5 Å². The van der Waals surface area contributed by atoms with Crippen molar-refractivity contribution in [2.24, 2.45) is 0 Å². The van der Waals surface area contributed by atoms with E-state index in [9.17, 15) is 20.4 Å². The van der Waals surface area contributed by atoms with Gasteiger partial charge in [-0.05, 0) is 42.8 Å². The third kappa shape index (κ3) is 4.77.